The van der Waals surface area contributed by atoms with Gasteiger partial charge in [0.25, 0.3) is 0 Å². The summed E-state index contributed by atoms with van der Waals surface area (Å²) in [7, 11) is 0. The van der Waals surface area contributed by atoms with Crippen LogP contribution in [0, 0.1) is 6.92 Å². The first-order valence-corrected chi connectivity index (χ1v) is 11.1. The van der Waals surface area contributed by atoms with Gasteiger partial charge in [0.1, 0.15) is 24.2 Å². The molecule has 2 aromatic carbocycles. The number of aliphatic carboxylic acids is 1. The van der Waals surface area contributed by atoms with Gasteiger partial charge in [-0.2, -0.15) is 33.3 Å². The summed E-state index contributed by atoms with van der Waals surface area (Å²) in [4.78, 5) is 11.1. The van der Waals surface area contributed by atoms with Gasteiger partial charge in [-0.25, -0.2) is 0 Å². The van der Waals surface area contributed by atoms with Crippen LogP contribution in [-0.4, -0.2) is 17.3 Å². The number of benzene rings is 2. The largest absolute Gasteiger partial charge is 0.489 e. The molecule has 1 heterocycles. The van der Waals surface area contributed by atoms with E-state index >= 15 is 0 Å². The third-order valence-electron chi connectivity index (χ3n) is 5.06. The average molecular weight is 500 g/mol. The Bertz CT molecular complexity index is 1110. The summed E-state index contributed by atoms with van der Waals surface area (Å²) >= 11 is 1.42. The maximum absolute atomic E-state index is 14.4. The number of carboxylic acid groups (broad SMARTS) is 1. The Morgan fingerprint density at radius 1 is 1.09 bits per heavy atom. The van der Waals surface area contributed by atoms with E-state index in [4.69, 9.17) is 14.6 Å². The van der Waals surface area contributed by atoms with Gasteiger partial charge in [0.15, 0.2) is 0 Å². The summed E-state index contributed by atoms with van der Waals surface area (Å²) in [5.74, 6) is -7.05. The van der Waals surface area contributed by atoms with Crippen molar-refractivity contribution in [2.45, 2.75) is 44.6 Å². The van der Waals surface area contributed by atoms with Gasteiger partial charge in [-0.05, 0) is 59.0 Å². The molecule has 1 aromatic heterocycles. The molecule has 0 fully saturated rings. The molecule has 0 bridgehead atoms. The Kier molecular flexibility index (Phi) is 7.81. The molecule has 34 heavy (non-hydrogen) atoms. The van der Waals surface area contributed by atoms with Crippen LogP contribution in [0.25, 0.3) is 0 Å². The number of ether oxygens (including phenoxy) is 2. The Morgan fingerprint density at radius 3 is 2.44 bits per heavy atom. The van der Waals surface area contributed by atoms with E-state index in [1.165, 1.54) is 11.3 Å². The first-order chi connectivity index (χ1) is 16.0. The van der Waals surface area contributed by atoms with Gasteiger partial charge < -0.3 is 14.6 Å². The van der Waals surface area contributed by atoms with Gasteiger partial charge >= 0.3 is 18.1 Å². The lowest BCUT2D eigenvalue weighted by molar-refractivity contribution is -0.289. The minimum Gasteiger partial charge on any atom is -0.489 e. The molecule has 0 aliphatic carbocycles. The second-order valence-corrected chi connectivity index (χ2v) is 8.33. The molecular formula is C24H21F5O4S. The molecular weight excluding hydrogens is 479 g/mol. The fourth-order valence-electron chi connectivity index (χ4n) is 3.28. The number of carbonyl (C=O) groups is 1. The molecule has 0 aliphatic rings. The minimum absolute atomic E-state index is 0.0321. The summed E-state index contributed by atoms with van der Waals surface area (Å²) in [5.41, 5.74) is 0.578. The zero-order valence-corrected chi connectivity index (χ0v) is 18.8. The second-order valence-electron chi connectivity index (χ2n) is 7.55. The van der Waals surface area contributed by atoms with Crippen molar-refractivity contribution in [2.75, 3.05) is 0 Å². The van der Waals surface area contributed by atoms with E-state index in [-0.39, 0.29) is 25.2 Å². The first-order valence-electron chi connectivity index (χ1n) is 10.2. The molecule has 0 aliphatic heterocycles. The highest BCUT2D eigenvalue weighted by atomic mass is 32.1. The van der Waals surface area contributed by atoms with Crippen molar-refractivity contribution in [3.05, 3.63) is 81.5 Å². The van der Waals surface area contributed by atoms with E-state index in [1.54, 1.807) is 37.3 Å². The van der Waals surface area contributed by atoms with Gasteiger partial charge in [0.05, 0.1) is 5.56 Å². The predicted molar refractivity (Wildman–Crippen MR) is 116 cm³/mol. The summed E-state index contributed by atoms with van der Waals surface area (Å²) in [6.45, 7) is 1.79. The average Bonchev–Trinajstić information content (AvgIpc) is 3.28. The minimum atomic E-state index is -5.86. The lowest BCUT2D eigenvalue weighted by atomic mass is 9.99. The summed E-state index contributed by atoms with van der Waals surface area (Å²) in [6.07, 6.45) is -7.45. The number of thiophene rings is 1. The van der Waals surface area contributed by atoms with E-state index in [1.807, 2.05) is 10.8 Å². The number of alkyl halides is 5. The third-order valence-corrected chi connectivity index (χ3v) is 5.79. The van der Waals surface area contributed by atoms with Crippen molar-refractivity contribution >= 4 is 17.3 Å². The molecule has 0 saturated carbocycles. The van der Waals surface area contributed by atoms with E-state index in [0.717, 1.165) is 17.7 Å². The van der Waals surface area contributed by atoms with Gasteiger partial charge in [0.2, 0.25) is 0 Å². The lowest BCUT2D eigenvalue weighted by Crippen LogP contribution is -2.34. The Balaban J connectivity index is 2.01. The standard InChI is InChI=1S/C24H21F5O4S/c1-15-4-2-3-5-18(15)20(8-9-22(30)31)33-21-12-17(32-13-16-10-11-34-14-16)6-7-19(21)23(25,26)24(27,28)29/h2-7,10-12,14,20H,8-9,13H2,1H3,(H,30,31)/t20-/m0/s1. The molecule has 0 unspecified atom stereocenters. The van der Waals surface area contributed by atoms with E-state index in [2.05, 4.69) is 0 Å². The molecule has 3 aromatic rings. The zero-order chi connectivity index (χ0) is 24.9. The van der Waals surface area contributed by atoms with Crippen molar-refractivity contribution in [3.8, 4) is 11.5 Å². The number of carboxylic acids is 1. The number of hydrogen-bond acceptors (Lipinski definition) is 4. The van der Waals surface area contributed by atoms with Crippen molar-refractivity contribution in [1.82, 2.24) is 0 Å². The summed E-state index contributed by atoms with van der Waals surface area (Å²) < 4.78 is 79.6. The van der Waals surface area contributed by atoms with Crippen LogP contribution in [0.5, 0.6) is 11.5 Å². The number of rotatable bonds is 10. The summed E-state index contributed by atoms with van der Waals surface area (Å²) in [6, 6.07) is 11.1. The topological polar surface area (TPSA) is 55.8 Å². The highest BCUT2D eigenvalue weighted by Crippen LogP contribution is 2.49. The van der Waals surface area contributed by atoms with Crippen LogP contribution < -0.4 is 9.47 Å². The molecule has 0 spiro atoms. The van der Waals surface area contributed by atoms with Crippen molar-refractivity contribution in [1.29, 1.82) is 0 Å². The Hall–Kier alpha value is -3.14. The molecule has 182 valence electrons. The van der Waals surface area contributed by atoms with E-state index in [0.29, 0.717) is 17.2 Å². The maximum Gasteiger partial charge on any atom is 0.458 e. The van der Waals surface area contributed by atoms with Crippen LogP contribution in [0.3, 0.4) is 0 Å². The van der Waals surface area contributed by atoms with Gasteiger partial charge in [0, 0.05) is 12.5 Å². The molecule has 0 saturated heterocycles. The normalized spacial score (nSPS) is 12.9. The van der Waals surface area contributed by atoms with Crippen LogP contribution in [0.4, 0.5) is 22.0 Å². The fraction of sp³-hybridized carbons (Fsp3) is 0.292. The number of aryl methyl sites for hydroxylation is 1. The first kappa shape index (κ1) is 25.5. The highest BCUT2D eigenvalue weighted by molar-refractivity contribution is 7.07. The molecule has 1 N–H and O–H groups in total. The van der Waals surface area contributed by atoms with Gasteiger partial charge in [-0.15, -0.1) is 0 Å². The fourth-order valence-corrected chi connectivity index (χ4v) is 3.93. The molecule has 10 heteroatoms. The predicted octanol–water partition coefficient (Wildman–Crippen LogP) is 7.27. The zero-order valence-electron chi connectivity index (χ0n) is 17.9. The van der Waals surface area contributed by atoms with E-state index < -0.39 is 35.5 Å². The Labute approximate surface area is 196 Å². The lowest BCUT2D eigenvalue weighted by Gasteiger charge is -2.26. The quantitative estimate of drug-likeness (QED) is 0.298. The maximum atomic E-state index is 14.4. The molecule has 4 nitrogen and oxygen atoms in total. The second kappa shape index (κ2) is 10.4. The van der Waals surface area contributed by atoms with Crippen LogP contribution in [0.2, 0.25) is 0 Å². The molecule has 3 rings (SSSR count). The van der Waals surface area contributed by atoms with Crippen LogP contribution >= 0.6 is 11.3 Å². The van der Waals surface area contributed by atoms with E-state index in [9.17, 15) is 26.7 Å². The van der Waals surface area contributed by atoms with Crippen molar-refractivity contribution < 1.29 is 41.3 Å². The Morgan fingerprint density at radius 2 is 1.82 bits per heavy atom. The highest BCUT2D eigenvalue weighted by Gasteiger charge is 2.60. The van der Waals surface area contributed by atoms with Gasteiger partial charge in [-0.1, -0.05) is 24.3 Å². The van der Waals surface area contributed by atoms with Crippen LogP contribution in [0.1, 0.15) is 41.2 Å². The van der Waals surface area contributed by atoms with Gasteiger partial charge in [-0.3, -0.25) is 4.79 Å². The summed E-state index contributed by atoms with van der Waals surface area (Å²) in [5, 5.41) is 12.7. The van der Waals surface area contributed by atoms with Crippen molar-refractivity contribution in [2.24, 2.45) is 0 Å². The van der Waals surface area contributed by atoms with Crippen molar-refractivity contribution in [3.63, 3.8) is 0 Å². The van der Waals surface area contributed by atoms with Crippen LogP contribution in [-0.2, 0) is 17.3 Å². The molecule has 0 radical (unpaired) electrons. The SMILES string of the molecule is Cc1ccccc1[C@H](CCC(=O)O)Oc1cc(OCc2ccsc2)ccc1C(F)(F)C(F)(F)F. The third kappa shape index (κ3) is 6.05. The number of halogens is 5. The molecule has 0 amide bonds. The number of hydrogen-bond donors (Lipinski definition) is 1. The van der Waals surface area contributed by atoms with Crippen LogP contribution in [0.15, 0.2) is 59.3 Å². The monoisotopic (exact) mass is 500 g/mol. The molecule has 1 atom stereocenters. The smallest absolute Gasteiger partial charge is 0.458 e.